The number of hydrogen-bond donors (Lipinski definition) is 1. The van der Waals surface area contributed by atoms with E-state index in [-0.39, 0.29) is 14.8 Å². The highest BCUT2D eigenvalue weighted by molar-refractivity contribution is 8.26. The molecule has 1 atom stereocenters. The molecule has 0 unspecified atom stereocenters. The summed E-state index contributed by atoms with van der Waals surface area (Å²) in [5.74, 6) is -2.20. The summed E-state index contributed by atoms with van der Waals surface area (Å²) in [4.78, 5) is 25.7. The van der Waals surface area contributed by atoms with Crippen LogP contribution in [0.2, 0.25) is 0 Å². The Bertz CT molecular complexity index is 883. The molecule has 1 heterocycles. The fourth-order valence-corrected chi connectivity index (χ4v) is 3.78. The number of halogens is 1. The first-order chi connectivity index (χ1) is 12.0. The van der Waals surface area contributed by atoms with Crippen LogP contribution in [0.3, 0.4) is 0 Å². The maximum absolute atomic E-state index is 13.8. The molecule has 0 bridgehead atoms. The number of thioether (sulfide) groups is 1. The van der Waals surface area contributed by atoms with E-state index < -0.39 is 23.7 Å². The largest absolute Gasteiger partial charge is 0.479 e. The Labute approximate surface area is 153 Å². The van der Waals surface area contributed by atoms with Gasteiger partial charge in [-0.25, -0.2) is 9.18 Å². The van der Waals surface area contributed by atoms with Gasteiger partial charge < -0.3 is 5.11 Å². The summed E-state index contributed by atoms with van der Waals surface area (Å²) in [5.41, 5.74) is 0.688. The Kier molecular flexibility index (Phi) is 4.96. The lowest BCUT2D eigenvalue weighted by Crippen LogP contribution is -2.37. The molecule has 1 amide bonds. The minimum atomic E-state index is -1.22. The van der Waals surface area contributed by atoms with Crippen LogP contribution in [0.4, 0.5) is 4.39 Å². The van der Waals surface area contributed by atoms with Gasteiger partial charge in [-0.05, 0) is 17.7 Å². The third-order valence-electron chi connectivity index (χ3n) is 3.62. The van der Waals surface area contributed by atoms with Crippen LogP contribution in [0.15, 0.2) is 59.5 Å². The number of carboxylic acid groups (broad SMARTS) is 1. The number of carboxylic acids is 1. The van der Waals surface area contributed by atoms with E-state index in [0.29, 0.717) is 5.56 Å². The lowest BCUT2D eigenvalue weighted by Gasteiger charge is -2.23. The molecule has 126 valence electrons. The number of nitrogens with zero attached hydrogens (tertiary/aromatic N) is 1. The van der Waals surface area contributed by atoms with E-state index in [1.807, 2.05) is 0 Å². The minimum absolute atomic E-state index is 0.129. The van der Waals surface area contributed by atoms with Gasteiger partial charge in [0.1, 0.15) is 10.1 Å². The average Bonchev–Trinajstić information content (AvgIpc) is 2.86. The maximum Gasteiger partial charge on any atom is 0.331 e. The normalized spacial score (nSPS) is 17.2. The highest BCUT2D eigenvalue weighted by atomic mass is 32.2. The van der Waals surface area contributed by atoms with Crippen LogP contribution >= 0.6 is 24.0 Å². The number of carbonyl (C=O) groups excluding carboxylic acids is 1. The van der Waals surface area contributed by atoms with E-state index in [0.717, 1.165) is 16.7 Å². The first-order valence-electron chi connectivity index (χ1n) is 7.28. The number of amides is 1. The summed E-state index contributed by atoms with van der Waals surface area (Å²) >= 11 is 6.17. The van der Waals surface area contributed by atoms with Crippen molar-refractivity contribution >= 4 is 46.3 Å². The van der Waals surface area contributed by atoms with Gasteiger partial charge in [0.15, 0.2) is 6.04 Å². The molecule has 25 heavy (non-hydrogen) atoms. The third kappa shape index (κ3) is 3.47. The van der Waals surface area contributed by atoms with Gasteiger partial charge in [0.25, 0.3) is 5.91 Å². The average molecular weight is 373 g/mol. The quantitative estimate of drug-likeness (QED) is 0.652. The SMILES string of the molecule is O=C(O)[C@H](c1ccccc1)N1C(=O)/C(=C\c2ccccc2F)SC1=S. The van der Waals surface area contributed by atoms with Crippen LogP contribution < -0.4 is 0 Å². The lowest BCUT2D eigenvalue weighted by molar-refractivity contribution is -0.145. The summed E-state index contributed by atoms with van der Waals surface area (Å²) in [6.45, 7) is 0. The zero-order chi connectivity index (χ0) is 18.0. The number of hydrogen-bond acceptors (Lipinski definition) is 4. The molecule has 0 spiro atoms. The number of benzene rings is 2. The molecular weight excluding hydrogens is 361 g/mol. The Morgan fingerprint density at radius 1 is 1.16 bits per heavy atom. The van der Waals surface area contributed by atoms with Crippen LogP contribution in [0.5, 0.6) is 0 Å². The molecule has 2 aromatic carbocycles. The molecule has 7 heteroatoms. The summed E-state index contributed by atoms with van der Waals surface area (Å²) in [7, 11) is 0. The molecule has 1 N–H and O–H groups in total. The predicted molar refractivity (Wildman–Crippen MR) is 98.2 cm³/mol. The zero-order valence-corrected chi connectivity index (χ0v) is 14.4. The van der Waals surface area contributed by atoms with Crippen molar-refractivity contribution in [3.8, 4) is 0 Å². The third-order valence-corrected chi connectivity index (χ3v) is 4.95. The fraction of sp³-hybridized carbons (Fsp3) is 0.0556. The van der Waals surface area contributed by atoms with E-state index in [1.165, 1.54) is 18.2 Å². The van der Waals surface area contributed by atoms with Crippen molar-refractivity contribution in [3.63, 3.8) is 0 Å². The van der Waals surface area contributed by atoms with Gasteiger partial charge in [0, 0.05) is 5.56 Å². The molecule has 0 aromatic heterocycles. The van der Waals surface area contributed by atoms with Crippen molar-refractivity contribution in [2.45, 2.75) is 6.04 Å². The van der Waals surface area contributed by atoms with E-state index in [1.54, 1.807) is 42.5 Å². The lowest BCUT2D eigenvalue weighted by atomic mass is 10.1. The standard InChI is InChI=1S/C18H12FNO3S2/c19-13-9-5-4-8-12(13)10-14-16(21)20(18(24)25-14)15(17(22)23)11-6-2-1-3-7-11/h1-10,15H,(H,22,23)/b14-10+/t15-/m0/s1. The number of carbonyl (C=O) groups is 2. The molecule has 1 fully saturated rings. The van der Waals surface area contributed by atoms with Crippen molar-refractivity contribution in [1.82, 2.24) is 4.90 Å². The van der Waals surface area contributed by atoms with Crippen LogP contribution in [0.25, 0.3) is 6.08 Å². The maximum atomic E-state index is 13.8. The van der Waals surface area contributed by atoms with Crippen molar-refractivity contribution in [1.29, 1.82) is 0 Å². The second-order valence-electron chi connectivity index (χ2n) is 5.22. The molecule has 1 saturated heterocycles. The molecule has 0 saturated carbocycles. The van der Waals surface area contributed by atoms with Crippen molar-refractivity contribution in [2.75, 3.05) is 0 Å². The van der Waals surface area contributed by atoms with Crippen LogP contribution in [-0.2, 0) is 9.59 Å². The van der Waals surface area contributed by atoms with E-state index in [9.17, 15) is 19.1 Å². The topological polar surface area (TPSA) is 57.6 Å². The molecule has 3 rings (SSSR count). The smallest absolute Gasteiger partial charge is 0.331 e. The number of rotatable bonds is 4. The molecular formula is C18H12FNO3S2. The Morgan fingerprint density at radius 2 is 1.80 bits per heavy atom. The molecule has 1 aliphatic heterocycles. The molecule has 1 aliphatic rings. The van der Waals surface area contributed by atoms with Crippen molar-refractivity contribution < 1.29 is 19.1 Å². The number of thiocarbonyl (C=S) groups is 1. The van der Waals surface area contributed by atoms with Crippen molar-refractivity contribution in [3.05, 3.63) is 76.4 Å². The molecule has 4 nitrogen and oxygen atoms in total. The highest BCUT2D eigenvalue weighted by Gasteiger charge is 2.41. The number of aliphatic carboxylic acids is 1. The molecule has 2 aromatic rings. The van der Waals surface area contributed by atoms with E-state index in [2.05, 4.69) is 0 Å². The Balaban J connectivity index is 1.98. The Hall–Kier alpha value is -2.51. The second-order valence-corrected chi connectivity index (χ2v) is 6.90. The highest BCUT2D eigenvalue weighted by Crippen LogP contribution is 2.38. The zero-order valence-electron chi connectivity index (χ0n) is 12.8. The van der Waals surface area contributed by atoms with Crippen molar-refractivity contribution in [2.24, 2.45) is 0 Å². The minimum Gasteiger partial charge on any atom is -0.479 e. The Morgan fingerprint density at radius 3 is 2.44 bits per heavy atom. The van der Waals surface area contributed by atoms with Crippen LogP contribution in [0, 0.1) is 5.82 Å². The van der Waals surface area contributed by atoms with E-state index >= 15 is 0 Å². The van der Waals surface area contributed by atoms with Gasteiger partial charge in [-0.1, -0.05) is 72.5 Å². The van der Waals surface area contributed by atoms with Gasteiger partial charge in [0.2, 0.25) is 0 Å². The van der Waals surface area contributed by atoms with Crippen LogP contribution in [0.1, 0.15) is 17.2 Å². The summed E-state index contributed by atoms with van der Waals surface area (Å²) < 4.78 is 13.9. The first kappa shape index (κ1) is 17.3. The monoisotopic (exact) mass is 373 g/mol. The second kappa shape index (κ2) is 7.16. The van der Waals surface area contributed by atoms with Gasteiger partial charge in [-0.15, -0.1) is 0 Å². The predicted octanol–water partition coefficient (Wildman–Crippen LogP) is 3.85. The first-order valence-corrected chi connectivity index (χ1v) is 8.51. The summed E-state index contributed by atoms with van der Waals surface area (Å²) in [6.07, 6.45) is 1.39. The van der Waals surface area contributed by atoms with Gasteiger partial charge in [0.05, 0.1) is 4.91 Å². The summed E-state index contributed by atoms with van der Waals surface area (Å²) in [5, 5.41) is 9.60. The summed E-state index contributed by atoms with van der Waals surface area (Å²) in [6, 6.07) is 13.2. The van der Waals surface area contributed by atoms with Gasteiger partial charge in [-0.2, -0.15) is 0 Å². The van der Waals surface area contributed by atoms with Gasteiger partial charge >= 0.3 is 5.97 Å². The molecule has 0 aliphatic carbocycles. The van der Waals surface area contributed by atoms with Gasteiger partial charge in [-0.3, -0.25) is 9.69 Å². The molecule has 0 radical (unpaired) electrons. The van der Waals surface area contributed by atoms with Crippen LogP contribution in [-0.4, -0.2) is 26.2 Å². The van der Waals surface area contributed by atoms with E-state index in [4.69, 9.17) is 12.2 Å². The fourth-order valence-electron chi connectivity index (χ4n) is 2.47.